The number of carbonyl (C=O) groups is 1. The minimum Gasteiger partial charge on any atom is -0.493 e. The molecule has 2 rings (SSSR count). The van der Waals surface area contributed by atoms with Crippen LogP contribution in [0.15, 0.2) is 47.6 Å². The molecule has 0 bridgehead atoms. The third-order valence-electron chi connectivity index (χ3n) is 3.58. The molecule has 0 radical (unpaired) electrons. The molecule has 0 unspecified atom stereocenters. The maximum Gasteiger partial charge on any atom is 0.250 e. The van der Waals surface area contributed by atoms with Crippen LogP contribution in [0, 0.1) is 6.92 Å². The lowest BCUT2D eigenvalue weighted by Crippen LogP contribution is -2.19. The number of benzene rings is 2. The van der Waals surface area contributed by atoms with Crippen molar-refractivity contribution in [2.24, 2.45) is 5.10 Å². The van der Waals surface area contributed by atoms with Crippen molar-refractivity contribution < 1.29 is 14.3 Å². The normalized spacial score (nSPS) is 10.7. The Hall–Kier alpha value is -2.47. The van der Waals surface area contributed by atoms with Gasteiger partial charge in [0.05, 0.1) is 26.2 Å². The fraction of sp³-hybridized carbons (Fsp3) is 0.263. The number of methoxy groups -OCH3 is 2. The number of hydrazone groups is 1. The van der Waals surface area contributed by atoms with Gasteiger partial charge >= 0.3 is 0 Å². The average molecular weight is 358 g/mol. The maximum atomic E-state index is 11.9. The highest BCUT2D eigenvalue weighted by Gasteiger charge is 2.07. The average Bonchev–Trinajstić information content (AvgIpc) is 2.63. The van der Waals surface area contributed by atoms with Crippen LogP contribution in [0.5, 0.6) is 11.5 Å². The molecule has 2 aromatic rings. The molecule has 0 aromatic heterocycles. The van der Waals surface area contributed by atoms with E-state index in [-0.39, 0.29) is 5.91 Å². The Morgan fingerprint density at radius 1 is 1.16 bits per heavy atom. The van der Waals surface area contributed by atoms with E-state index in [1.165, 1.54) is 11.1 Å². The van der Waals surface area contributed by atoms with E-state index in [4.69, 9.17) is 9.47 Å². The number of amides is 1. The van der Waals surface area contributed by atoms with Crippen molar-refractivity contribution in [3.63, 3.8) is 0 Å². The van der Waals surface area contributed by atoms with E-state index in [1.54, 1.807) is 38.3 Å². The van der Waals surface area contributed by atoms with Gasteiger partial charge in [-0.15, -0.1) is 11.8 Å². The Morgan fingerprint density at radius 3 is 2.68 bits per heavy atom. The fourth-order valence-electron chi connectivity index (χ4n) is 2.25. The number of nitrogens with one attached hydrogen (secondary N) is 1. The molecule has 5 nitrogen and oxygen atoms in total. The van der Waals surface area contributed by atoms with Crippen LogP contribution in [0.3, 0.4) is 0 Å². The standard InChI is InChI=1S/C19H22N2O3S/c1-14-7-4-5-8-16(14)12-25-13-18(22)21-20-11-15-9-6-10-17(23-2)19(15)24-3/h4-11H,12-13H2,1-3H3,(H,21,22)/b20-11-. The third-order valence-corrected chi connectivity index (χ3v) is 4.56. The zero-order chi connectivity index (χ0) is 18.1. The summed E-state index contributed by atoms with van der Waals surface area (Å²) in [6.07, 6.45) is 1.55. The van der Waals surface area contributed by atoms with Crippen LogP contribution in [0.2, 0.25) is 0 Å². The first-order valence-electron chi connectivity index (χ1n) is 7.81. The van der Waals surface area contributed by atoms with E-state index in [0.29, 0.717) is 17.3 Å². The zero-order valence-electron chi connectivity index (χ0n) is 14.6. The number of carbonyl (C=O) groups excluding carboxylic acids is 1. The van der Waals surface area contributed by atoms with E-state index in [1.807, 2.05) is 24.3 Å². The Balaban J connectivity index is 1.84. The second kappa shape index (κ2) is 9.74. The largest absolute Gasteiger partial charge is 0.493 e. The lowest BCUT2D eigenvalue weighted by atomic mass is 10.1. The summed E-state index contributed by atoms with van der Waals surface area (Å²) in [5.41, 5.74) is 5.74. The molecule has 2 aromatic carbocycles. The van der Waals surface area contributed by atoms with E-state index < -0.39 is 0 Å². The summed E-state index contributed by atoms with van der Waals surface area (Å²) in [6, 6.07) is 13.6. The summed E-state index contributed by atoms with van der Waals surface area (Å²) in [6.45, 7) is 2.07. The summed E-state index contributed by atoms with van der Waals surface area (Å²) >= 11 is 1.56. The molecule has 0 saturated heterocycles. The molecule has 6 heteroatoms. The molecule has 1 amide bonds. The SMILES string of the molecule is COc1cccc(/C=N\NC(=O)CSCc2ccccc2C)c1OC. The Bertz CT molecular complexity index is 747. The van der Waals surface area contributed by atoms with Crippen LogP contribution >= 0.6 is 11.8 Å². The summed E-state index contributed by atoms with van der Waals surface area (Å²) in [4.78, 5) is 11.9. The second-order valence-corrected chi connectivity index (χ2v) is 6.28. The second-order valence-electron chi connectivity index (χ2n) is 5.30. The molecular weight excluding hydrogens is 336 g/mol. The molecule has 0 saturated carbocycles. The highest BCUT2D eigenvalue weighted by atomic mass is 32.2. The minimum absolute atomic E-state index is 0.142. The first-order chi connectivity index (χ1) is 12.2. The Kier molecular flexibility index (Phi) is 7.35. The van der Waals surface area contributed by atoms with Crippen LogP contribution in [0.1, 0.15) is 16.7 Å². The van der Waals surface area contributed by atoms with Gasteiger partial charge in [0.25, 0.3) is 0 Å². The molecule has 0 aliphatic heterocycles. The van der Waals surface area contributed by atoms with Crippen molar-refractivity contribution in [3.8, 4) is 11.5 Å². The van der Waals surface area contributed by atoms with E-state index in [0.717, 1.165) is 11.3 Å². The van der Waals surface area contributed by atoms with Crippen LogP contribution in [0.25, 0.3) is 0 Å². The molecule has 25 heavy (non-hydrogen) atoms. The molecule has 0 aliphatic rings. The van der Waals surface area contributed by atoms with Crippen molar-refractivity contribution in [1.29, 1.82) is 0 Å². The first-order valence-corrected chi connectivity index (χ1v) is 8.96. The predicted molar refractivity (Wildman–Crippen MR) is 103 cm³/mol. The summed E-state index contributed by atoms with van der Waals surface area (Å²) in [7, 11) is 3.14. The molecular formula is C19H22N2O3S. The van der Waals surface area contributed by atoms with Gasteiger partial charge in [0.2, 0.25) is 5.91 Å². The van der Waals surface area contributed by atoms with Crippen LogP contribution in [-0.2, 0) is 10.5 Å². The Labute approximate surface area is 152 Å². The molecule has 0 fully saturated rings. The van der Waals surface area contributed by atoms with Gasteiger partial charge in [0, 0.05) is 11.3 Å². The van der Waals surface area contributed by atoms with Gasteiger partial charge in [0.1, 0.15) is 0 Å². The van der Waals surface area contributed by atoms with Gasteiger partial charge in [-0.2, -0.15) is 5.10 Å². The molecule has 0 heterocycles. The van der Waals surface area contributed by atoms with E-state index in [9.17, 15) is 4.79 Å². The minimum atomic E-state index is -0.142. The number of para-hydroxylation sites is 1. The molecule has 1 N–H and O–H groups in total. The zero-order valence-corrected chi connectivity index (χ0v) is 15.4. The maximum absolute atomic E-state index is 11.9. The van der Waals surface area contributed by atoms with Gasteiger partial charge in [-0.1, -0.05) is 30.3 Å². The number of nitrogens with zero attached hydrogens (tertiary/aromatic N) is 1. The smallest absolute Gasteiger partial charge is 0.250 e. The van der Waals surface area contributed by atoms with Gasteiger partial charge in [-0.3, -0.25) is 4.79 Å². The van der Waals surface area contributed by atoms with Crippen molar-refractivity contribution in [2.75, 3.05) is 20.0 Å². The van der Waals surface area contributed by atoms with Crippen molar-refractivity contribution in [1.82, 2.24) is 5.43 Å². The number of rotatable bonds is 8. The van der Waals surface area contributed by atoms with E-state index in [2.05, 4.69) is 29.6 Å². The van der Waals surface area contributed by atoms with Crippen molar-refractivity contribution in [2.45, 2.75) is 12.7 Å². The number of thioether (sulfide) groups is 1. The summed E-state index contributed by atoms with van der Waals surface area (Å²) in [5.74, 6) is 2.20. The molecule has 0 atom stereocenters. The number of hydrogen-bond donors (Lipinski definition) is 1. The van der Waals surface area contributed by atoms with Crippen LogP contribution < -0.4 is 14.9 Å². The third kappa shape index (κ3) is 5.53. The first kappa shape index (κ1) is 18.9. The molecule has 132 valence electrons. The van der Waals surface area contributed by atoms with Crippen molar-refractivity contribution >= 4 is 23.9 Å². The van der Waals surface area contributed by atoms with Crippen LogP contribution in [-0.4, -0.2) is 32.1 Å². The van der Waals surface area contributed by atoms with E-state index >= 15 is 0 Å². The van der Waals surface area contributed by atoms with Gasteiger partial charge in [0.15, 0.2) is 11.5 Å². The predicted octanol–water partition coefficient (Wildman–Crippen LogP) is 3.40. The fourth-order valence-corrected chi connectivity index (χ4v) is 3.14. The Morgan fingerprint density at radius 2 is 1.96 bits per heavy atom. The molecule has 0 aliphatic carbocycles. The topological polar surface area (TPSA) is 59.9 Å². The quantitative estimate of drug-likeness (QED) is 0.580. The summed E-state index contributed by atoms with van der Waals surface area (Å²) < 4.78 is 10.5. The number of ether oxygens (including phenoxy) is 2. The van der Waals surface area contributed by atoms with Gasteiger partial charge in [-0.05, 0) is 30.2 Å². The molecule has 0 spiro atoms. The number of aryl methyl sites for hydroxylation is 1. The van der Waals surface area contributed by atoms with Crippen molar-refractivity contribution in [3.05, 3.63) is 59.2 Å². The highest BCUT2D eigenvalue weighted by molar-refractivity contribution is 7.99. The highest BCUT2D eigenvalue weighted by Crippen LogP contribution is 2.29. The lowest BCUT2D eigenvalue weighted by Gasteiger charge is -2.09. The lowest BCUT2D eigenvalue weighted by molar-refractivity contribution is -0.118. The van der Waals surface area contributed by atoms with Gasteiger partial charge < -0.3 is 9.47 Å². The van der Waals surface area contributed by atoms with Crippen LogP contribution in [0.4, 0.5) is 0 Å². The van der Waals surface area contributed by atoms with Gasteiger partial charge in [-0.25, -0.2) is 5.43 Å². The summed E-state index contributed by atoms with van der Waals surface area (Å²) in [5, 5.41) is 4.00. The monoisotopic (exact) mass is 358 g/mol. The number of hydrogen-bond acceptors (Lipinski definition) is 5.